The van der Waals surface area contributed by atoms with Gasteiger partial charge in [0.2, 0.25) is 15.9 Å². The molecule has 0 spiro atoms. The molecule has 0 saturated carbocycles. The van der Waals surface area contributed by atoms with Crippen molar-refractivity contribution in [1.29, 1.82) is 0 Å². The van der Waals surface area contributed by atoms with Gasteiger partial charge in [0.15, 0.2) is 0 Å². The van der Waals surface area contributed by atoms with Crippen molar-refractivity contribution >= 4 is 23.0 Å². The van der Waals surface area contributed by atoms with Crippen LogP contribution in [-0.4, -0.2) is 78.9 Å². The Kier molecular flexibility index (Phi) is 5.98. The Labute approximate surface area is 154 Å². The number of hydrogen-bond acceptors (Lipinski definition) is 6. The summed E-state index contributed by atoms with van der Waals surface area (Å²) in [6, 6.07) is 8.21. The molecular formula is C16H24BN3O5S. The van der Waals surface area contributed by atoms with Gasteiger partial charge in [-0.1, -0.05) is 18.2 Å². The van der Waals surface area contributed by atoms with Gasteiger partial charge in [-0.2, -0.15) is 4.31 Å². The second-order valence-corrected chi connectivity index (χ2v) is 8.69. The molecule has 2 heterocycles. The molecule has 1 aromatic carbocycles. The third kappa shape index (κ3) is 4.10. The van der Waals surface area contributed by atoms with E-state index >= 15 is 0 Å². The van der Waals surface area contributed by atoms with E-state index in [1.165, 1.54) is 9.21 Å². The highest BCUT2D eigenvalue weighted by Crippen LogP contribution is 2.21. The Hall–Kier alpha value is -1.46. The summed E-state index contributed by atoms with van der Waals surface area (Å²) in [7, 11) is -5.04. The first-order valence-electron chi connectivity index (χ1n) is 8.84. The SMILES string of the molecule is O=C(CN[C@H]1CCN(S(=O)(=O)c2ccccc2)C1)N1CCC[C@H]1B(O)O. The summed E-state index contributed by atoms with van der Waals surface area (Å²) in [5.74, 6) is -0.743. The van der Waals surface area contributed by atoms with Crippen LogP contribution in [0.2, 0.25) is 0 Å². The predicted molar refractivity (Wildman–Crippen MR) is 96.5 cm³/mol. The van der Waals surface area contributed by atoms with Gasteiger partial charge in [-0.15, -0.1) is 0 Å². The number of carbonyl (C=O) groups excluding carboxylic acids is 1. The molecule has 2 fully saturated rings. The maximum absolute atomic E-state index is 12.6. The van der Waals surface area contributed by atoms with Crippen LogP contribution in [0, 0.1) is 0 Å². The molecule has 142 valence electrons. The van der Waals surface area contributed by atoms with Crippen molar-refractivity contribution in [2.45, 2.75) is 36.1 Å². The van der Waals surface area contributed by atoms with Gasteiger partial charge in [-0.3, -0.25) is 4.79 Å². The first-order chi connectivity index (χ1) is 12.4. The highest BCUT2D eigenvalue weighted by atomic mass is 32.2. The molecule has 0 aliphatic carbocycles. The van der Waals surface area contributed by atoms with Crippen LogP contribution in [0.3, 0.4) is 0 Å². The van der Waals surface area contributed by atoms with Crippen LogP contribution in [0.1, 0.15) is 19.3 Å². The average Bonchev–Trinajstić information content (AvgIpc) is 3.30. The van der Waals surface area contributed by atoms with Crippen molar-refractivity contribution in [3.63, 3.8) is 0 Å². The predicted octanol–water partition coefficient (Wildman–Crippen LogP) is -0.958. The second-order valence-electron chi connectivity index (χ2n) is 6.75. The highest BCUT2D eigenvalue weighted by Gasteiger charge is 2.37. The molecular weight excluding hydrogens is 357 g/mol. The summed E-state index contributed by atoms with van der Waals surface area (Å²) >= 11 is 0. The molecule has 10 heteroatoms. The Bertz CT molecular complexity index is 731. The Morgan fingerprint density at radius 3 is 2.62 bits per heavy atom. The van der Waals surface area contributed by atoms with Gasteiger partial charge in [0.25, 0.3) is 0 Å². The van der Waals surface area contributed by atoms with Gasteiger partial charge in [0, 0.05) is 25.7 Å². The molecule has 26 heavy (non-hydrogen) atoms. The van der Waals surface area contributed by atoms with E-state index < -0.39 is 23.1 Å². The molecule has 2 saturated heterocycles. The molecule has 1 aromatic rings. The molecule has 0 aromatic heterocycles. The van der Waals surface area contributed by atoms with Gasteiger partial charge in [0.1, 0.15) is 0 Å². The first-order valence-corrected chi connectivity index (χ1v) is 10.3. The van der Waals surface area contributed by atoms with Gasteiger partial charge >= 0.3 is 7.12 Å². The molecule has 2 aliphatic heterocycles. The quantitative estimate of drug-likeness (QED) is 0.548. The number of rotatable bonds is 6. The van der Waals surface area contributed by atoms with E-state index in [9.17, 15) is 23.3 Å². The normalized spacial score (nSPS) is 24.2. The fraction of sp³-hybridized carbons (Fsp3) is 0.562. The first kappa shape index (κ1) is 19.3. The Morgan fingerprint density at radius 1 is 1.19 bits per heavy atom. The summed E-state index contributed by atoms with van der Waals surface area (Å²) in [5.41, 5.74) is 0. The van der Waals surface area contributed by atoms with Gasteiger partial charge in [0.05, 0.1) is 17.4 Å². The molecule has 2 aliphatic rings. The third-order valence-corrected chi connectivity index (χ3v) is 6.92. The van der Waals surface area contributed by atoms with Crippen LogP contribution in [0.4, 0.5) is 0 Å². The number of likely N-dealkylation sites (tertiary alicyclic amines) is 1. The summed E-state index contributed by atoms with van der Waals surface area (Å²) in [4.78, 5) is 14.1. The van der Waals surface area contributed by atoms with E-state index in [4.69, 9.17) is 0 Å². The lowest BCUT2D eigenvalue weighted by atomic mass is 9.78. The molecule has 1 amide bonds. The molecule has 3 N–H and O–H groups in total. The minimum absolute atomic E-state index is 0.0626. The van der Waals surface area contributed by atoms with E-state index in [0.717, 1.165) is 6.42 Å². The number of benzene rings is 1. The number of hydrogen-bond donors (Lipinski definition) is 3. The van der Waals surface area contributed by atoms with E-state index in [0.29, 0.717) is 32.5 Å². The molecule has 0 unspecified atom stereocenters. The van der Waals surface area contributed by atoms with E-state index in [2.05, 4.69) is 5.32 Å². The van der Waals surface area contributed by atoms with Crippen molar-refractivity contribution in [2.24, 2.45) is 0 Å². The molecule has 2 atom stereocenters. The average molecular weight is 381 g/mol. The fourth-order valence-electron chi connectivity index (χ4n) is 3.60. The zero-order valence-electron chi connectivity index (χ0n) is 14.5. The summed E-state index contributed by atoms with van der Waals surface area (Å²) in [6.07, 6.45) is 1.96. The standard InChI is InChI=1S/C16H24BN3O5S/c21-16(20-9-4-7-15(20)17(22)23)11-18-13-8-10-19(12-13)26(24,25)14-5-2-1-3-6-14/h1-3,5-6,13,15,18,22-23H,4,7-12H2/t13-,15-/m0/s1. The molecule has 3 rings (SSSR count). The van der Waals surface area contributed by atoms with Crippen LogP contribution in [0.25, 0.3) is 0 Å². The minimum atomic E-state index is -3.51. The lowest BCUT2D eigenvalue weighted by molar-refractivity contribution is -0.130. The maximum Gasteiger partial charge on any atom is 0.475 e. The van der Waals surface area contributed by atoms with Crippen LogP contribution >= 0.6 is 0 Å². The number of carbonyl (C=O) groups is 1. The summed E-state index contributed by atoms with van der Waals surface area (Å²) in [6.45, 7) is 1.30. The summed E-state index contributed by atoms with van der Waals surface area (Å²) in [5, 5.41) is 21.8. The van der Waals surface area contributed by atoms with Gasteiger partial charge < -0.3 is 20.3 Å². The summed E-state index contributed by atoms with van der Waals surface area (Å²) < 4.78 is 26.7. The number of nitrogens with zero attached hydrogens (tertiary/aromatic N) is 2. The Balaban J connectivity index is 1.53. The largest absolute Gasteiger partial charge is 0.475 e. The van der Waals surface area contributed by atoms with E-state index in [1.807, 2.05) is 0 Å². The lowest BCUT2D eigenvalue weighted by Gasteiger charge is -2.25. The van der Waals surface area contributed by atoms with Gasteiger partial charge in [-0.25, -0.2) is 8.42 Å². The van der Waals surface area contributed by atoms with Crippen molar-refractivity contribution < 1.29 is 23.3 Å². The van der Waals surface area contributed by atoms with Crippen LogP contribution in [-0.2, 0) is 14.8 Å². The smallest absolute Gasteiger partial charge is 0.426 e. The minimum Gasteiger partial charge on any atom is -0.426 e. The monoisotopic (exact) mass is 381 g/mol. The zero-order valence-corrected chi connectivity index (χ0v) is 15.3. The van der Waals surface area contributed by atoms with Crippen molar-refractivity contribution in [1.82, 2.24) is 14.5 Å². The van der Waals surface area contributed by atoms with Crippen molar-refractivity contribution in [3.05, 3.63) is 30.3 Å². The van der Waals surface area contributed by atoms with E-state index in [-0.39, 0.29) is 23.4 Å². The van der Waals surface area contributed by atoms with Crippen molar-refractivity contribution in [3.8, 4) is 0 Å². The highest BCUT2D eigenvalue weighted by molar-refractivity contribution is 7.89. The molecule has 0 bridgehead atoms. The number of sulfonamides is 1. The Morgan fingerprint density at radius 2 is 1.92 bits per heavy atom. The topological polar surface area (TPSA) is 110 Å². The zero-order chi connectivity index (χ0) is 18.7. The molecule has 8 nitrogen and oxygen atoms in total. The molecule has 0 radical (unpaired) electrons. The lowest BCUT2D eigenvalue weighted by Crippen LogP contribution is -2.49. The van der Waals surface area contributed by atoms with Crippen molar-refractivity contribution in [2.75, 3.05) is 26.2 Å². The van der Waals surface area contributed by atoms with Crippen LogP contribution < -0.4 is 5.32 Å². The second kappa shape index (κ2) is 8.05. The fourth-order valence-corrected chi connectivity index (χ4v) is 5.12. The number of nitrogens with one attached hydrogen (secondary N) is 1. The van der Waals surface area contributed by atoms with Crippen LogP contribution in [0.5, 0.6) is 0 Å². The van der Waals surface area contributed by atoms with Gasteiger partial charge in [-0.05, 0) is 31.4 Å². The van der Waals surface area contributed by atoms with E-state index in [1.54, 1.807) is 30.3 Å². The maximum atomic E-state index is 12.6. The number of amides is 1. The van der Waals surface area contributed by atoms with Crippen LogP contribution in [0.15, 0.2) is 35.2 Å². The third-order valence-electron chi connectivity index (χ3n) is 5.04.